The van der Waals surface area contributed by atoms with Gasteiger partial charge < -0.3 is 24.8 Å². The Bertz CT molecular complexity index is 1740. The van der Waals surface area contributed by atoms with Crippen molar-refractivity contribution < 1.29 is 14.3 Å². The summed E-state index contributed by atoms with van der Waals surface area (Å²) in [6, 6.07) is 18.8. The second kappa shape index (κ2) is 16.7. The summed E-state index contributed by atoms with van der Waals surface area (Å²) in [5, 5.41) is 4.19. The van der Waals surface area contributed by atoms with E-state index in [4.69, 9.17) is 32.9 Å². The van der Waals surface area contributed by atoms with Crippen LogP contribution >= 0.6 is 23.2 Å². The first-order chi connectivity index (χ1) is 22.5. The number of rotatable bonds is 15. The predicted molar refractivity (Wildman–Crippen MR) is 188 cm³/mol. The first-order valence-corrected chi connectivity index (χ1v) is 16.3. The normalized spacial score (nSPS) is 12.0. The summed E-state index contributed by atoms with van der Waals surface area (Å²) < 4.78 is 7.22. The van der Waals surface area contributed by atoms with Gasteiger partial charge in [0.25, 0.3) is 5.56 Å². The number of benzene rings is 3. The van der Waals surface area contributed by atoms with Crippen molar-refractivity contribution in [3.8, 4) is 11.4 Å². The average Bonchev–Trinajstić information content (AvgIpc) is 3.02. The maximum Gasteiger partial charge on any atom is 0.266 e. The summed E-state index contributed by atoms with van der Waals surface area (Å²) in [6.45, 7) is 3.78. The average molecular weight is 682 g/mol. The molecule has 0 fully saturated rings. The Kier molecular flexibility index (Phi) is 12.8. The van der Waals surface area contributed by atoms with Crippen molar-refractivity contribution in [1.29, 1.82) is 0 Å². The molecule has 2 amide bonds. The number of likely N-dealkylation sites (N-methyl/N-ethyl adjacent to an activating group) is 2. The fraction of sp³-hybridized carbons (Fsp3) is 0.371. The van der Waals surface area contributed by atoms with Gasteiger partial charge in [-0.05, 0) is 95.6 Å². The van der Waals surface area contributed by atoms with Crippen LogP contribution in [0.3, 0.4) is 0 Å². The van der Waals surface area contributed by atoms with Crippen molar-refractivity contribution in [2.75, 3.05) is 61.0 Å². The summed E-state index contributed by atoms with van der Waals surface area (Å²) >= 11 is 12.5. The largest absolute Gasteiger partial charge is 0.494 e. The second-order valence-corrected chi connectivity index (χ2v) is 12.6. The van der Waals surface area contributed by atoms with Crippen molar-refractivity contribution in [2.45, 2.75) is 25.8 Å². The van der Waals surface area contributed by atoms with E-state index in [0.717, 1.165) is 0 Å². The molecule has 0 saturated carbocycles. The smallest absolute Gasteiger partial charge is 0.266 e. The Balaban J connectivity index is 1.88. The molecule has 4 rings (SSSR count). The van der Waals surface area contributed by atoms with Crippen LogP contribution in [-0.4, -0.2) is 97.0 Å². The second-order valence-electron chi connectivity index (χ2n) is 11.8. The molecule has 0 aliphatic rings. The molecule has 1 heterocycles. The zero-order valence-corrected chi connectivity index (χ0v) is 29.0. The number of ether oxygens (including phenoxy) is 1. The van der Waals surface area contributed by atoms with Crippen LogP contribution in [0.15, 0.2) is 71.5 Å². The minimum Gasteiger partial charge on any atom is -0.494 e. The first-order valence-electron chi connectivity index (χ1n) is 15.5. The number of nitrogens with one attached hydrogen (secondary N) is 1. The molecule has 3 aromatic carbocycles. The number of carbonyl (C=O) groups excluding carboxylic acids is 2. The van der Waals surface area contributed by atoms with E-state index in [1.165, 1.54) is 0 Å². The van der Waals surface area contributed by atoms with E-state index in [1.807, 2.05) is 58.2 Å². The Morgan fingerprint density at radius 3 is 2.32 bits per heavy atom. The third kappa shape index (κ3) is 9.54. The third-order valence-electron chi connectivity index (χ3n) is 7.53. The highest BCUT2D eigenvalue weighted by atomic mass is 35.5. The Hall–Kier alpha value is -3.96. The fourth-order valence-electron chi connectivity index (χ4n) is 5.28. The van der Waals surface area contributed by atoms with E-state index in [1.54, 1.807) is 62.9 Å². The molecule has 0 spiro atoms. The van der Waals surface area contributed by atoms with E-state index in [-0.39, 0.29) is 36.9 Å². The maximum absolute atomic E-state index is 14.3. The molecule has 0 radical (unpaired) electrons. The topological polar surface area (TPSA) is 100 Å². The fourth-order valence-corrected chi connectivity index (χ4v) is 5.61. The molecule has 1 aromatic heterocycles. The first kappa shape index (κ1) is 35.9. The van der Waals surface area contributed by atoms with Crippen LogP contribution in [0.4, 0.5) is 0 Å². The Labute approximate surface area is 285 Å². The van der Waals surface area contributed by atoms with Gasteiger partial charge in [-0.1, -0.05) is 41.4 Å². The van der Waals surface area contributed by atoms with Crippen molar-refractivity contribution in [2.24, 2.45) is 0 Å². The highest BCUT2D eigenvalue weighted by molar-refractivity contribution is 6.42. The van der Waals surface area contributed by atoms with Gasteiger partial charge in [0.05, 0.1) is 52.2 Å². The lowest BCUT2D eigenvalue weighted by Crippen LogP contribution is -2.44. The summed E-state index contributed by atoms with van der Waals surface area (Å²) in [4.78, 5) is 51.8. The van der Waals surface area contributed by atoms with E-state index >= 15 is 0 Å². The number of fused-ring (bicyclic) bond motifs is 1. The highest BCUT2D eigenvalue weighted by Crippen LogP contribution is 2.29. The van der Waals surface area contributed by atoms with Gasteiger partial charge >= 0.3 is 0 Å². The zero-order valence-electron chi connectivity index (χ0n) is 27.5. The monoisotopic (exact) mass is 680 g/mol. The Morgan fingerprint density at radius 2 is 1.66 bits per heavy atom. The van der Waals surface area contributed by atoms with Gasteiger partial charge in [0.15, 0.2) is 0 Å². The zero-order chi connectivity index (χ0) is 34.1. The molecule has 10 nitrogen and oxygen atoms in total. The number of hydrogen-bond donors (Lipinski definition) is 1. The molecule has 0 aliphatic heterocycles. The lowest BCUT2D eigenvalue weighted by molar-refractivity contribution is -0.133. The van der Waals surface area contributed by atoms with Gasteiger partial charge in [-0.15, -0.1) is 0 Å². The number of para-hydroxylation sites is 1. The van der Waals surface area contributed by atoms with Crippen LogP contribution in [-0.2, 0) is 16.0 Å². The lowest BCUT2D eigenvalue weighted by atomic mass is 10.1. The molecule has 1 atom stereocenters. The maximum atomic E-state index is 14.3. The molecule has 1 unspecified atom stereocenters. The van der Waals surface area contributed by atoms with Crippen molar-refractivity contribution in [3.63, 3.8) is 0 Å². The molecule has 47 heavy (non-hydrogen) atoms. The quantitative estimate of drug-likeness (QED) is 0.192. The molecular weight excluding hydrogens is 639 g/mol. The van der Waals surface area contributed by atoms with Crippen LogP contribution in [0.5, 0.6) is 5.75 Å². The number of amides is 2. The summed E-state index contributed by atoms with van der Waals surface area (Å²) in [7, 11) is 7.51. The predicted octanol–water partition coefficient (Wildman–Crippen LogP) is 4.83. The summed E-state index contributed by atoms with van der Waals surface area (Å²) in [5.74, 6) is 0.728. The molecule has 12 heteroatoms. The number of hydrogen-bond acceptors (Lipinski definition) is 7. The SMILES string of the molecule is CCOc1ccc(-n2c(C(CCNC(=O)CN(C)C)N(CCN(C)C)C(=O)Cc3ccc(Cl)c(Cl)c3)nc3ccccc3c2=O)cc1. The number of carbonyl (C=O) groups is 2. The van der Waals surface area contributed by atoms with Gasteiger partial charge in [-0.2, -0.15) is 0 Å². The molecule has 0 bridgehead atoms. The molecule has 0 aliphatic carbocycles. The molecular formula is C35H42Cl2N6O4. The minimum atomic E-state index is -0.686. The molecule has 250 valence electrons. The van der Waals surface area contributed by atoms with Crippen molar-refractivity contribution in [1.82, 2.24) is 29.6 Å². The van der Waals surface area contributed by atoms with Crippen LogP contribution in [0.1, 0.15) is 30.8 Å². The van der Waals surface area contributed by atoms with Crippen LogP contribution in [0.2, 0.25) is 10.0 Å². The van der Waals surface area contributed by atoms with Gasteiger partial charge in [-0.25, -0.2) is 4.98 Å². The van der Waals surface area contributed by atoms with Crippen LogP contribution in [0.25, 0.3) is 16.6 Å². The van der Waals surface area contributed by atoms with Crippen molar-refractivity contribution >= 4 is 45.9 Å². The molecule has 0 saturated heterocycles. The van der Waals surface area contributed by atoms with Crippen LogP contribution < -0.4 is 15.6 Å². The third-order valence-corrected chi connectivity index (χ3v) is 8.27. The van der Waals surface area contributed by atoms with E-state index in [9.17, 15) is 14.4 Å². The van der Waals surface area contributed by atoms with E-state index in [2.05, 4.69) is 5.32 Å². The molecule has 4 aromatic rings. The van der Waals surface area contributed by atoms with E-state index in [0.29, 0.717) is 69.9 Å². The van der Waals surface area contributed by atoms with Gasteiger partial charge in [0.1, 0.15) is 11.6 Å². The van der Waals surface area contributed by atoms with E-state index < -0.39 is 6.04 Å². The highest BCUT2D eigenvalue weighted by Gasteiger charge is 2.30. The lowest BCUT2D eigenvalue weighted by Gasteiger charge is -2.34. The molecule has 1 N–H and O–H groups in total. The number of nitrogens with zero attached hydrogens (tertiary/aromatic N) is 5. The standard InChI is InChI=1S/C35H42Cl2N6O4/c1-6-47-26-14-12-25(13-15-26)43-34(39-30-10-8-7-9-27(30)35(43)46)31(17-18-38-32(44)23-41(4)5)42(20-19-40(2)3)33(45)22-24-11-16-28(36)29(37)21-24/h7-16,21,31H,6,17-20,22-23H2,1-5H3,(H,38,44). The van der Waals surface area contributed by atoms with Gasteiger partial charge in [0.2, 0.25) is 11.8 Å². The number of aromatic nitrogens is 2. The van der Waals surface area contributed by atoms with Gasteiger partial charge in [-0.3, -0.25) is 19.0 Å². The Morgan fingerprint density at radius 1 is 0.936 bits per heavy atom. The summed E-state index contributed by atoms with van der Waals surface area (Å²) in [6.07, 6.45) is 0.357. The van der Waals surface area contributed by atoms with Gasteiger partial charge in [0, 0.05) is 19.6 Å². The van der Waals surface area contributed by atoms with Crippen molar-refractivity contribution in [3.05, 3.63) is 98.5 Å². The number of halogens is 2. The van der Waals surface area contributed by atoms with Crippen LogP contribution in [0, 0.1) is 0 Å². The minimum absolute atomic E-state index is 0.0503. The summed E-state index contributed by atoms with van der Waals surface area (Å²) in [5.41, 5.74) is 1.53.